The summed E-state index contributed by atoms with van der Waals surface area (Å²) < 4.78 is 14.5. The van der Waals surface area contributed by atoms with Gasteiger partial charge in [-0.1, -0.05) is 6.07 Å². The van der Waals surface area contributed by atoms with E-state index in [1.165, 1.54) is 0 Å². The molecule has 1 aliphatic rings. The number of H-pyrrole nitrogens is 1. The van der Waals surface area contributed by atoms with E-state index < -0.39 is 0 Å². The Hall–Kier alpha value is -1.47. The molecule has 0 saturated carbocycles. The third kappa shape index (κ3) is 2.94. The van der Waals surface area contributed by atoms with Gasteiger partial charge >= 0.3 is 0 Å². The molecule has 2 heterocycles. The molecule has 0 atom stereocenters. The fraction of sp³-hybridized carbons (Fsp3) is 0.429. The van der Waals surface area contributed by atoms with Crippen molar-refractivity contribution in [3.05, 3.63) is 28.5 Å². The quantitative estimate of drug-likeness (QED) is 0.890. The molecular weight excluding hydrogens is 337 g/mol. The van der Waals surface area contributed by atoms with Crippen molar-refractivity contribution in [1.29, 1.82) is 0 Å². The number of anilines is 1. The molecule has 0 amide bonds. The van der Waals surface area contributed by atoms with E-state index in [0.29, 0.717) is 27.9 Å². The van der Waals surface area contributed by atoms with Gasteiger partial charge in [0.05, 0.1) is 10.0 Å². The highest BCUT2D eigenvalue weighted by Gasteiger charge is 2.21. The predicted molar refractivity (Wildman–Crippen MR) is 83.8 cm³/mol. The van der Waals surface area contributed by atoms with Gasteiger partial charge in [-0.25, -0.2) is 4.39 Å². The molecule has 0 aliphatic carbocycles. The maximum Gasteiger partial charge on any atom is 0.245 e. The Kier molecular flexibility index (Phi) is 4.21. The van der Waals surface area contributed by atoms with Gasteiger partial charge in [0.15, 0.2) is 5.82 Å². The summed E-state index contributed by atoms with van der Waals surface area (Å²) in [5.41, 5.74) is 0.424. The summed E-state index contributed by atoms with van der Waals surface area (Å²) in [6.07, 6.45) is 2.12. The van der Waals surface area contributed by atoms with Crippen LogP contribution in [0.25, 0.3) is 11.4 Å². The van der Waals surface area contributed by atoms with Crippen molar-refractivity contribution in [1.82, 2.24) is 20.5 Å². The first-order valence-corrected chi connectivity index (χ1v) is 7.77. The highest BCUT2D eigenvalue weighted by molar-refractivity contribution is 9.10. The van der Waals surface area contributed by atoms with Crippen LogP contribution in [0.3, 0.4) is 0 Å². The van der Waals surface area contributed by atoms with Crippen LogP contribution in [0.1, 0.15) is 12.8 Å². The van der Waals surface area contributed by atoms with Gasteiger partial charge in [0.2, 0.25) is 5.95 Å². The SMILES string of the molecule is CNC1CCN(c2n[nH]c(-c3cccc(Br)c3F)n2)CC1. The number of aromatic nitrogens is 3. The second-order valence-electron chi connectivity index (χ2n) is 5.14. The lowest BCUT2D eigenvalue weighted by Crippen LogP contribution is -2.41. The van der Waals surface area contributed by atoms with Crippen molar-refractivity contribution in [2.45, 2.75) is 18.9 Å². The number of piperidine rings is 1. The Morgan fingerprint density at radius 2 is 2.14 bits per heavy atom. The van der Waals surface area contributed by atoms with Gasteiger partial charge in [0.25, 0.3) is 0 Å². The summed E-state index contributed by atoms with van der Waals surface area (Å²) >= 11 is 3.19. The third-order valence-corrected chi connectivity index (χ3v) is 4.48. The Bertz CT molecular complexity index is 622. The summed E-state index contributed by atoms with van der Waals surface area (Å²) in [6, 6.07) is 5.70. The minimum absolute atomic E-state index is 0.325. The van der Waals surface area contributed by atoms with Crippen molar-refractivity contribution >= 4 is 21.9 Å². The Labute approximate surface area is 131 Å². The molecule has 112 valence electrons. The summed E-state index contributed by atoms with van der Waals surface area (Å²) in [6.45, 7) is 1.81. The van der Waals surface area contributed by atoms with Crippen molar-refractivity contribution in [2.75, 3.05) is 25.0 Å². The first-order valence-electron chi connectivity index (χ1n) is 6.98. The fourth-order valence-electron chi connectivity index (χ4n) is 2.57. The average molecular weight is 354 g/mol. The number of benzene rings is 1. The Balaban J connectivity index is 1.79. The highest BCUT2D eigenvalue weighted by Crippen LogP contribution is 2.26. The van der Waals surface area contributed by atoms with Gasteiger partial charge in [-0.05, 0) is 48.0 Å². The molecule has 0 radical (unpaired) electrons. The van der Waals surface area contributed by atoms with E-state index in [-0.39, 0.29) is 5.82 Å². The number of aromatic amines is 1. The molecule has 1 saturated heterocycles. The summed E-state index contributed by atoms with van der Waals surface area (Å²) in [5, 5.41) is 10.3. The molecule has 5 nitrogen and oxygen atoms in total. The van der Waals surface area contributed by atoms with E-state index in [0.717, 1.165) is 25.9 Å². The van der Waals surface area contributed by atoms with E-state index in [9.17, 15) is 4.39 Å². The summed E-state index contributed by atoms with van der Waals surface area (Å²) in [4.78, 5) is 6.56. The summed E-state index contributed by atoms with van der Waals surface area (Å²) in [5.74, 6) is 0.771. The number of rotatable bonds is 3. The number of halogens is 2. The van der Waals surface area contributed by atoms with Gasteiger partial charge in [0, 0.05) is 19.1 Å². The second kappa shape index (κ2) is 6.11. The van der Waals surface area contributed by atoms with E-state index in [1.54, 1.807) is 18.2 Å². The van der Waals surface area contributed by atoms with Crippen LogP contribution in [0.4, 0.5) is 10.3 Å². The fourth-order valence-corrected chi connectivity index (χ4v) is 2.94. The molecule has 2 N–H and O–H groups in total. The van der Waals surface area contributed by atoms with Gasteiger partial charge in [-0.3, -0.25) is 5.10 Å². The van der Waals surface area contributed by atoms with E-state index >= 15 is 0 Å². The normalized spacial score (nSPS) is 16.4. The Morgan fingerprint density at radius 1 is 1.38 bits per heavy atom. The number of nitrogens with one attached hydrogen (secondary N) is 2. The van der Waals surface area contributed by atoms with Gasteiger partial charge in [0.1, 0.15) is 5.82 Å². The average Bonchev–Trinajstić information content (AvgIpc) is 3.00. The van der Waals surface area contributed by atoms with Crippen LogP contribution in [0.15, 0.2) is 22.7 Å². The predicted octanol–water partition coefficient (Wildman–Crippen LogP) is 2.56. The van der Waals surface area contributed by atoms with E-state index in [1.807, 2.05) is 7.05 Å². The standard InChI is InChI=1S/C14H17BrFN5/c1-17-9-5-7-21(8-6-9)14-18-13(19-20-14)10-3-2-4-11(15)12(10)16/h2-4,9,17H,5-8H2,1H3,(H,18,19,20). The van der Waals surface area contributed by atoms with Crippen LogP contribution in [-0.2, 0) is 0 Å². The van der Waals surface area contributed by atoms with Gasteiger partial charge in [-0.15, -0.1) is 5.10 Å². The molecule has 2 aromatic rings. The molecule has 1 aromatic carbocycles. The molecule has 3 rings (SSSR count). The lowest BCUT2D eigenvalue weighted by atomic mass is 10.1. The highest BCUT2D eigenvalue weighted by atomic mass is 79.9. The molecule has 7 heteroatoms. The molecule has 1 aromatic heterocycles. The zero-order valence-corrected chi connectivity index (χ0v) is 13.3. The summed E-state index contributed by atoms with van der Waals surface area (Å²) in [7, 11) is 1.99. The first kappa shape index (κ1) is 14.5. The minimum Gasteiger partial charge on any atom is -0.339 e. The largest absolute Gasteiger partial charge is 0.339 e. The zero-order valence-electron chi connectivity index (χ0n) is 11.7. The van der Waals surface area contributed by atoms with Crippen LogP contribution < -0.4 is 10.2 Å². The van der Waals surface area contributed by atoms with Crippen LogP contribution in [0.2, 0.25) is 0 Å². The molecular formula is C14H17BrFN5. The van der Waals surface area contributed by atoms with Crippen LogP contribution in [-0.4, -0.2) is 41.4 Å². The van der Waals surface area contributed by atoms with E-state index in [4.69, 9.17) is 0 Å². The van der Waals surface area contributed by atoms with E-state index in [2.05, 4.69) is 41.3 Å². The van der Waals surface area contributed by atoms with Crippen LogP contribution >= 0.6 is 15.9 Å². The second-order valence-corrected chi connectivity index (χ2v) is 5.99. The lowest BCUT2D eigenvalue weighted by molar-refractivity contribution is 0.439. The van der Waals surface area contributed by atoms with Crippen LogP contribution in [0.5, 0.6) is 0 Å². The monoisotopic (exact) mass is 353 g/mol. The van der Waals surface area contributed by atoms with Crippen molar-refractivity contribution in [3.8, 4) is 11.4 Å². The number of hydrogen-bond acceptors (Lipinski definition) is 4. The molecule has 21 heavy (non-hydrogen) atoms. The van der Waals surface area contributed by atoms with Gasteiger partial charge in [-0.2, -0.15) is 4.98 Å². The molecule has 1 fully saturated rings. The number of nitrogens with zero attached hydrogens (tertiary/aromatic N) is 3. The number of hydrogen-bond donors (Lipinski definition) is 2. The maximum atomic E-state index is 14.1. The zero-order chi connectivity index (χ0) is 14.8. The first-order chi connectivity index (χ1) is 10.2. The molecule has 0 spiro atoms. The van der Waals surface area contributed by atoms with Crippen LogP contribution in [0, 0.1) is 5.82 Å². The lowest BCUT2D eigenvalue weighted by Gasteiger charge is -2.30. The maximum absolute atomic E-state index is 14.1. The smallest absolute Gasteiger partial charge is 0.245 e. The van der Waals surface area contributed by atoms with Crippen molar-refractivity contribution < 1.29 is 4.39 Å². The third-order valence-electron chi connectivity index (χ3n) is 3.87. The van der Waals surface area contributed by atoms with Crippen molar-refractivity contribution in [3.63, 3.8) is 0 Å². The molecule has 0 unspecified atom stereocenters. The molecule has 0 bridgehead atoms. The van der Waals surface area contributed by atoms with Gasteiger partial charge < -0.3 is 10.2 Å². The van der Waals surface area contributed by atoms with Crippen molar-refractivity contribution in [2.24, 2.45) is 0 Å². The topological polar surface area (TPSA) is 56.8 Å². The Morgan fingerprint density at radius 3 is 2.86 bits per heavy atom. The minimum atomic E-state index is -0.325. The molecule has 1 aliphatic heterocycles.